The van der Waals surface area contributed by atoms with Crippen molar-refractivity contribution in [1.29, 1.82) is 0 Å². The van der Waals surface area contributed by atoms with Crippen LogP contribution >= 0.6 is 0 Å². The topological polar surface area (TPSA) is 55.3 Å². The molecule has 1 saturated heterocycles. The number of likely N-dealkylation sites (tertiary alicyclic amines) is 1. The summed E-state index contributed by atoms with van der Waals surface area (Å²) in [6.07, 6.45) is 11.7. The van der Waals surface area contributed by atoms with E-state index in [1.165, 1.54) is 25.6 Å². The lowest BCUT2D eigenvalue weighted by molar-refractivity contribution is -0.156. The van der Waals surface area contributed by atoms with Gasteiger partial charge in [0, 0.05) is 25.2 Å². The van der Waals surface area contributed by atoms with Crippen LogP contribution in [0, 0.1) is 23.2 Å². The monoisotopic (exact) mass is 327 g/mol. The van der Waals surface area contributed by atoms with Crippen LogP contribution in [0.3, 0.4) is 0 Å². The van der Waals surface area contributed by atoms with Crippen LogP contribution in [-0.4, -0.2) is 40.0 Å². The molecule has 1 aliphatic heterocycles. The molecular weight excluding hydrogens is 302 g/mol. The Balaban J connectivity index is 1.27. The van der Waals surface area contributed by atoms with Crippen LogP contribution in [0.1, 0.15) is 44.9 Å². The van der Waals surface area contributed by atoms with E-state index in [1.807, 2.05) is 0 Å². The predicted octanol–water partition coefficient (Wildman–Crippen LogP) is 2.67. The summed E-state index contributed by atoms with van der Waals surface area (Å²) < 4.78 is 5.93. The second kappa shape index (κ2) is 5.43. The van der Waals surface area contributed by atoms with Crippen molar-refractivity contribution in [1.82, 2.24) is 14.9 Å². The second-order valence-electron chi connectivity index (χ2n) is 8.53. The average molecular weight is 327 g/mol. The minimum absolute atomic E-state index is 0.0292. The van der Waals surface area contributed by atoms with Crippen molar-refractivity contribution in [3.63, 3.8) is 0 Å². The Labute approximate surface area is 142 Å². The molecular formula is C19H25N3O2. The molecule has 24 heavy (non-hydrogen) atoms. The normalized spacial score (nSPS) is 40.1. The van der Waals surface area contributed by atoms with E-state index in [4.69, 9.17) is 4.74 Å². The average Bonchev–Trinajstić information content (AvgIpc) is 3.02. The minimum atomic E-state index is -0.0292. The summed E-state index contributed by atoms with van der Waals surface area (Å²) in [5, 5.41) is 0. The van der Waals surface area contributed by atoms with Crippen molar-refractivity contribution in [2.24, 2.45) is 23.2 Å². The molecule has 0 aromatic carbocycles. The van der Waals surface area contributed by atoms with Gasteiger partial charge in [0.05, 0.1) is 12.0 Å². The number of hydrogen-bond acceptors (Lipinski definition) is 4. The number of carbonyl (C=O) groups excluding carboxylic acids is 1. The van der Waals surface area contributed by atoms with Gasteiger partial charge in [-0.1, -0.05) is 0 Å². The number of rotatable bonds is 3. The Hall–Kier alpha value is -1.65. The van der Waals surface area contributed by atoms with E-state index >= 15 is 0 Å². The molecule has 1 aromatic rings. The van der Waals surface area contributed by atoms with E-state index in [0.717, 1.165) is 50.0 Å². The molecule has 4 bridgehead atoms. The summed E-state index contributed by atoms with van der Waals surface area (Å²) >= 11 is 0. The maximum atomic E-state index is 13.3. The van der Waals surface area contributed by atoms with Crippen LogP contribution in [-0.2, 0) is 4.79 Å². The first-order valence-electron chi connectivity index (χ1n) is 9.42. The van der Waals surface area contributed by atoms with Crippen LogP contribution in [0.4, 0.5) is 0 Å². The lowest BCUT2D eigenvalue weighted by atomic mass is 9.49. The maximum absolute atomic E-state index is 13.3. The van der Waals surface area contributed by atoms with Crippen LogP contribution in [0.2, 0.25) is 0 Å². The van der Waals surface area contributed by atoms with Crippen molar-refractivity contribution in [3.05, 3.63) is 18.6 Å². The van der Waals surface area contributed by atoms with Crippen LogP contribution in [0.15, 0.2) is 18.6 Å². The van der Waals surface area contributed by atoms with Crippen molar-refractivity contribution in [2.45, 2.75) is 51.0 Å². The van der Waals surface area contributed by atoms with Crippen LogP contribution < -0.4 is 4.74 Å². The van der Waals surface area contributed by atoms with Crippen molar-refractivity contribution < 1.29 is 9.53 Å². The predicted molar refractivity (Wildman–Crippen MR) is 88.3 cm³/mol. The zero-order valence-corrected chi connectivity index (χ0v) is 14.1. The van der Waals surface area contributed by atoms with Gasteiger partial charge in [-0.25, -0.2) is 9.97 Å². The molecule has 2 heterocycles. The number of ether oxygens (including phenoxy) is 1. The molecule has 0 N–H and O–H groups in total. The first-order valence-corrected chi connectivity index (χ1v) is 9.42. The zero-order chi connectivity index (χ0) is 16.1. The lowest BCUT2D eigenvalue weighted by Gasteiger charge is -2.56. The number of hydrogen-bond donors (Lipinski definition) is 0. The van der Waals surface area contributed by atoms with Crippen LogP contribution in [0.5, 0.6) is 5.88 Å². The van der Waals surface area contributed by atoms with Gasteiger partial charge in [-0.3, -0.25) is 4.79 Å². The highest BCUT2D eigenvalue weighted by Crippen LogP contribution is 2.60. The highest BCUT2D eigenvalue weighted by atomic mass is 16.5. The summed E-state index contributed by atoms with van der Waals surface area (Å²) in [6, 6.07) is 1.78. The first kappa shape index (κ1) is 14.7. The smallest absolute Gasteiger partial charge is 0.228 e. The number of amides is 1. The molecule has 4 aliphatic carbocycles. The molecule has 0 radical (unpaired) electrons. The third-order valence-corrected chi connectivity index (χ3v) is 6.77. The summed E-state index contributed by atoms with van der Waals surface area (Å²) in [4.78, 5) is 23.5. The Bertz CT molecular complexity index is 597. The maximum Gasteiger partial charge on any atom is 0.228 e. The Morgan fingerprint density at radius 3 is 2.50 bits per heavy atom. The Morgan fingerprint density at radius 1 is 1.17 bits per heavy atom. The van der Waals surface area contributed by atoms with Gasteiger partial charge in [0.1, 0.15) is 12.4 Å². The molecule has 6 rings (SSSR count). The SMILES string of the molecule is O=C(N1CC[C@H](Oc2ccncn2)C1)C12CC3CC(CC(C3)C1)C2. The molecule has 5 aliphatic rings. The van der Waals surface area contributed by atoms with Gasteiger partial charge < -0.3 is 9.64 Å². The van der Waals surface area contributed by atoms with Crippen molar-refractivity contribution in [2.75, 3.05) is 13.1 Å². The van der Waals surface area contributed by atoms with Gasteiger partial charge in [0.25, 0.3) is 0 Å². The van der Waals surface area contributed by atoms with Gasteiger partial charge in [-0.15, -0.1) is 0 Å². The molecule has 1 amide bonds. The molecule has 5 heteroatoms. The van der Waals surface area contributed by atoms with Gasteiger partial charge in [-0.05, 0) is 56.3 Å². The Morgan fingerprint density at radius 2 is 1.88 bits per heavy atom. The van der Waals surface area contributed by atoms with E-state index in [0.29, 0.717) is 18.3 Å². The molecule has 0 spiro atoms. The summed E-state index contributed by atoms with van der Waals surface area (Å²) in [5.41, 5.74) is -0.0292. The molecule has 1 atom stereocenters. The molecule has 5 fully saturated rings. The zero-order valence-electron chi connectivity index (χ0n) is 14.1. The van der Waals surface area contributed by atoms with Crippen molar-refractivity contribution in [3.8, 4) is 5.88 Å². The molecule has 5 nitrogen and oxygen atoms in total. The fraction of sp³-hybridized carbons (Fsp3) is 0.737. The fourth-order valence-corrected chi connectivity index (χ4v) is 6.24. The van der Waals surface area contributed by atoms with E-state index in [2.05, 4.69) is 14.9 Å². The van der Waals surface area contributed by atoms with Gasteiger partial charge >= 0.3 is 0 Å². The van der Waals surface area contributed by atoms with E-state index in [9.17, 15) is 4.79 Å². The van der Waals surface area contributed by atoms with Crippen molar-refractivity contribution >= 4 is 5.91 Å². The molecule has 0 unspecified atom stereocenters. The summed E-state index contributed by atoms with van der Waals surface area (Å²) in [5.74, 6) is 3.48. The van der Waals surface area contributed by atoms with Gasteiger partial charge in [0.2, 0.25) is 11.8 Å². The standard InChI is InChI=1S/C19H25N3O2/c23-18(19-8-13-5-14(9-19)7-15(6-13)10-19)22-4-2-16(11-22)24-17-1-3-20-12-21-17/h1,3,12-16H,2,4-11H2/t13?,14?,15?,16-,19?/m0/s1. The van der Waals surface area contributed by atoms with E-state index in [1.54, 1.807) is 12.3 Å². The quantitative estimate of drug-likeness (QED) is 0.856. The van der Waals surface area contributed by atoms with E-state index < -0.39 is 0 Å². The second-order valence-corrected chi connectivity index (χ2v) is 8.53. The van der Waals surface area contributed by atoms with Gasteiger partial charge in [0.15, 0.2) is 0 Å². The first-order chi connectivity index (χ1) is 11.7. The highest BCUT2D eigenvalue weighted by molar-refractivity contribution is 5.83. The molecule has 4 saturated carbocycles. The number of aromatic nitrogens is 2. The summed E-state index contributed by atoms with van der Waals surface area (Å²) in [6.45, 7) is 1.54. The highest BCUT2D eigenvalue weighted by Gasteiger charge is 2.56. The molecule has 1 aromatic heterocycles. The van der Waals surface area contributed by atoms with E-state index in [-0.39, 0.29) is 11.5 Å². The Kier molecular flexibility index (Phi) is 3.32. The third kappa shape index (κ3) is 2.40. The number of carbonyl (C=O) groups is 1. The minimum Gasteiger partial charge on any atom is -0.472 e. The molecule has 128 valence electrons. The number of nitrogens with zero attached hydrogens (tertiary/aromatic N) is 3. The largest absolute Gasteiger partial charge is 0.472 e. The van der Waals surface area contributed by atoms with Gasteiger partial charge in [-0.2, -0.15) is 0 Å². The lowest BCUT2D eigenvalue weighted by Crippen LogP contribution is -2.54. The van der Waals surface area contributed by atoms with Crippen LogP contribution in [0.25, 0.3) is 0 Å². The summed E-state index contributed by atoms with van der Waals surface area (Å²) in [7, 11) is 0. The third-order valence-electron chi connectivity index (χ3n) is 6.77. The fourth-order valence-electron chi connectivity index (χ4n) is 6.24.